The van der Waals surface area contributed by atoms with E-state index in [2.05, 4.69) is 29.3 Å². The van der Waals surface area contributed by atoms with E-state index < -0.39 is 5.60 Å². The highest BCUT2D eigenvalue weighted by atomic mass is 16.5. The number of hydrogen-bond donors (Lipinski definition) is 1. The van der Waals surface area contributed by atoms with Gasteiger partial charge in [-0.3, -0.25) is 0 Å². The summed E-state index contributed by atoms with van der Waals surface area (Å²) in [6.07, 6.45) is 1.53. The molecular formula is C12H21N3O3. The second kappa shape index (κ2) is 5.77. The molecule has 0 aromatic carbocycles. The molecule has 0 saturated carbocycles. The Morgan fingerprint density at radius 3 is 2.72 bits per heavy atom. The summed E-state index contributed by atoms with van der Waals surface area (Å²) in [4.78, 5) is 4.43. The Morgan fingerprint density at radius 2 is 2.11 bits per heavy atom. The van der Waals surface area contributed by atoms with Crippen LogP contribution in [0, 0.1) is 0 Å². The van der Waals surface area contributed by atoms with E-state index in [0.717, 1.165) is 12.8 Å². The van der Waals surface area contributed by atoms with E-state index in [4.69, 9.17) is 14.0 Å². The van der Waals surface area contributed by atoms with Gasteiger partial charge in [0.15, 0.2) is 0 Å². The second-order valence-corrected chi connectivity index (χ2v) is 4.86. The first-order valence-electron chi connectivity index (χ1n) is 6.35. The van der Waals surface area contributed by atoms with Crippen LogP contribution >= 0.6 is 0 Å². The maximum Gasteiger partial charge on any atom is 0.240 e. The highest BCUT2D eigenvalue weighted by molar-refractivity contribution is 5.03. The van der Waals surface area contributed by atoms with Gasteiger partial charge in [0.1, 0.15) is 5.60 Å². The lowest BCUT2D eigenvalue weighted by atomic mass is 9.93. The number of hydrogen-bond acceptors (Lipinski definition) is 6. The van der Waals surface area contributed by atoms with E-state index >= 15 is 0 Å². The van der Waals surface area contributed by atoms with Gasteiger partial charge in [-0.1, -0.05) is 19.0 Å². The van der Waals surface area contributed by atoms with Crippen molar-refractivity contribution < 1.29 is 14.0 Å². The van der Waals surface area contributed by atoms with Gasteiger partial charge in [0.2, 0.25) is 11.7 Å². The molecule has 1 aliphatic rings. The molecule has 0 radical (unpaired) electrons. The molecule has 1 N–H and O–H groups in total. The normalized spacial score (nSPS) is 19.3. The lowest BCUT2D eigenvalue weighted by molar-refractivity contribution is -0.101. The first-order valence-corrected chi connectivity index (χ1v) is 6.35. The Bertz CT molecular complexity index is 372. The molecule has 2 rings (SSSR count). The van der Waals surface area contributed by atoms with Crippen molar-refractivity contribution in [2.45, 2.75) is 44.9 Å². The summed E-state index contributed by atoms with van der Waals surface area (Å²) in [5.41, 5.74) is -0.447. The summed E-state index contributed by atoms with van der Waals surface area (Å²) in [5.74, 6) is 1.23. The van der Waals surface area contributed by atoms with E-state index in [9.17, 15) is 0 Å². The monoisotopic (exact) mass is 255 g/mol. The van der Waals surface area contributed by atoms with Crippen LogP contribution in [0.1, 0.15) is 38.4 Å². The molecule has 18 heavy (non-hydrogen) atoms. The Morgan fingerprint density at radius 1 is 1.39 bits per heavy atom. The molecule has 0 atom stereocenters. The number of rotatable bonds is 5. The van der Waals surface area contributed by atoms with Gasteiger partial charge in [-0.25, -0.2) is 0 Å². The van der Waals surface area contributed by atoms with E-state index in [1.54, 1.807) is 7.11 Å². The van der Waals surface area contributed by atoms with Crippen LogP contribution < -0.4 is 5.32 Å². The van der Waals surface area contributed by atoms with Crippen molar-refractivity contribution in [1.82, 2.24) is 15.5 Å². The molecule has 0 aliphatic carbocycles. The van der Waals surface area contributed by atoms with Crippen LogP contribution in [0.25, 0.3) is 0 Å². The Balaban J connectivity index is 2.07. The molecule has 0 unspecified atom stereocenters. The molecule has 6 nitrogen and oxygen atoms in total. The predicted octanol–water partition coefficient (Wildman–Crippen LogP) is 1.22. The third-order valence-corrected chi connectivity index (χ3v) is 3.23. The van der Waals surface area contributed by atoms with E-state index in [0.29, 0.717) is 37.5 Å². The summed E-state index contributed by atoms with van der Waals surface area (Å²) < 4.78 is 16.2. The van der Waals surface area contributed by atoms with Crippen molar-refractivity contribution in [2.75, 3.05) is 20.3 Å². The van der Waals surface area contributed by atoms with Crippen molar-refractivity contribution in [3.8, 4) is 0 Å². The van der Waals surface area contributed by atoms with Crippen molar-refractivity contribution in [3.63, 3.8) is 0 Å². The number of nitrogens with one attached hydrogen (secondary N) is 1. The summed E-state index contributed by atoms with van der Waals surface area (Å²) in [6, 6.07) is 0.389. The predicted molar refractivity (Wildman–Crippen MR) is 65.0 cm³/mol. The summed E-state index contributed by atoms with van der Waals surface area (Å²) in [5, 5.41) is 7.30. The van der Waals surface area contributed by atoms with Gasteiger partial charge in [0.25, 0.3) is 0 Å². The molecule has 1 aromatic heterocycles. The van der Waals surface area contributed by atoms with Gasteiger partial charge in [-0.05, 0) is 0 Å². The number of aromatic nitrogens is 2. The Labute approximate surface area is 107 Å². The topological polar surface area (TPSA) is 69.4 Å². The maximum absolute atomic E-state index is 5.62. The van der Waals surface area contributed by atoms with Gasteiger partial charge in [0, 0.05) is 39.2 Å². The van der Waals surface area contributed by atoms with Crippen molar-refractivity contribution in [2.24, 2.45) is 0 Å². The largest absolute Gasteiger partial charge is 0.381 e. The fourth-order valence-corrected chi connectivity index (χ4v) is 2.02. The number of ether oxygens (including phenoxy) is 2. The average molecular weight is 255 g/mol. The highest BCUT2D eigenvalue weighted by Gasteiger charge is 2.39. The molecular weight excluding hydrogens is 234 g/mol. The van der Waals surface area contributed by atoms with Crippen LogP contribution in [0.3, 0.4) is 0 Å². The van der Waals surface area contributed by atoms with Gasteiger partial charge in [0.05, 0.1) is 6.54 Å². The van der Waals surface area contributed by atoms with Gasteiger partial charge >= 0.3 is 0 Å². The third kappa shape index (κ3) is 2.88. The quantitative estimate of drug-likeness (QED) is 0.853. The van der Waals surface area contributed by atoms with Crippen molar-refractivity contribution >= 4 is 0 Å². The van der Waals surface area contributed by atoms with Crippen LogP contribution in [0.2, 0.25) is 0 Å². The summed E-state index contributed by atoms with van der Waals surface area (Å²) in [7, 11) is 1.69. The first-order chi connectivity index (χ1) is 8.66. The maximum atomic E-state index is 5.62. The zero-order valence-electron chi connectivity index (χ0n) is 11.2. The first kappa shape index (κ1) is 13.5. The molecule has 0 amide bonds. The summed E-state index contributed by atoms with van der Waals surface area (Å²) >= 11 is 0. The SMILES string of the molecule is COC1(c2noc(CNC(C)C)n2)CCOCC1. The minimum Gasteiger partial charge on any atom is -0.381 e. The van der Waals surface area contributed by atoms with Crippen molar-refractivity contribution in [3.05, 3.63) is 11.7 Å². The number of methoxy groups -OCH3 is 1. The molecule has 1 aromatic rings. The van der Waals surface area contributed by atoms with Crippen LogP contribution in [0.5, 0.6) is 0 Å². The molecule has 1 aliphatic heterocycles. The fraction of sp³-hybridized carbons (Fsp3) is 0.833. The lowest BCUT2D eigenvalue weighted by Gasteiger charge is -2.32. The third-order valence-electron chi connectivity index (χ3n) is 3.23. The van der Waals surface area contributed by atoms with Gasteiger partial charge in [-0.2, -0.15) is 4.98 Å². The Hall–Kier alpha value is -0.980. The smallest absolute Gasteiger partial charge is 0.240 e. The zero-order valence-corrected chi connectivity index (χ0v) is 11.2. The van der Waals surface area contributed by atoms with Crippen LogP contribution in [-0.2, 0) is 21.6 Å². The minimum atomic E-state index is -0.447. The van der Waals surface area contributed by atoms with E-state index in [1.807, 2.05) is 0 Å². The zero-order chi connectivity index (χ0) is 13.0. The Kier molecular flexibility index (Phi) is 4.31. The van der Waals surface area contributed by atoms with E-state index in [-0.39, 0.29) is 0 Å². The van der Waals surface area contributed by atoms with Gasteiger partial charge in [-0.15, -0.1) is 0 Å². The molecule has 0 bridgehead atoms. The molecule has 1 saturated heterocycles. The van der Waals surface area contributed by atoms with Crippen LogP contribution in [0.15, 0.2) is 4.52 Å². The molecule has 0 spiro atoms. The van der Waals surface area contributed by atoms with Crippen molar-refractivity contribution in [1.29, 1.82) is 0 Å². The second-order valence-electron chi connectivity index (χ2n) is 4.86. The average Bonchev–Trinajstić information content (AvgIpc) is 2.86. The van der Waals surface area contributed by atoms with Gasteiger partial charge < -0.3 is 19.3 Å². The minimum absolute atomic E-state index is 0.389. The van der Waals surface area contributed by atoms with E-state index in [1.165, 1.54) is 0 Å². The molecule has 2 heterocycles. The summed E-state index contributed by atoms with van der Waals surface area (Å²) in [6.45, 7) is 6.07. The molecule has 102 valence electrons. The standard InChI is InChI=1S/C12H21N3O3/c1-9(2)13-8-10-14-11(15-18-10)12(16-3)4-6-17-7-5-12/h9,13H,4-8H2,1-3H3. The number of nitrogens with zero attached hydrogens (tertiary/aromatic N) is 2. The van der Waals surface area contributed by atoms with Crippen LogP contribution in [0.4, 0.5) is 0 Å². The lowest BCUT2D eigenvalue weighted by Crippen LogP contribution is -2.36. The van der Waals surface area contributed by atoms with Crippen LogP contribution in [-0.4, -0.2) is 36.5 Å². The molecule has 1 fully saturated rings. The fourth-order valence-electron chi connectivity index (χ4n) is 2.02. The highest BCUT2D eigenvalue weighted by Crippen LogP contribution is 2.33. The molecule has 6 heteroatoms.